The van der Waals surface area contributed by atoms with E-state index in [9.17, 15) is 14.0 Å². The van der Waals surface area contributed by atoms with Crippen LogP contribution in [0.15, 0.2) is 35.4 Å². The summed E-state index contributed by atoms with van der Waals surface area (Å²) < 4.78 is 14.6. The van der Waals surface area contributed by atoms with E-state index in [4.69, 9.17) is 5.73 Å². The van der Waals surface area contributed by atoms with E-state index in [1.807, 2.05) is 0 Å². The van der Waals surface area contributed by atoms with Gasteiger partial charge in [-0.25, -0.2) is 9.37 Å². The highest BCUT2D eigenvalue weighted by Gasteiger charge is 2.09. The highest BCUT2D eigenvalue weighted by Crippen LogP contribution is 2.17. The third-order valence-electron chi connectivity index (χ3n) is 2.59. The van der Waals surface area contributed by atoms with Crippen molar-refractivity contribution in [1.82, 2.24) is 9.55 Å². The SMILES string of the molecule is Cc1cc(=O)n(CC(=O)Nc2cc(N)ccc2F)cn1. The molecule has 0 aliphatic heterocycles. The number of hydrogen-bond donors (Lipinski definition) is 2. The Morgan fingerprint density at radius 3 is 2.90 bits per heavy atom. The molecule has 0 unspecified atom stereocenters. The summed E-state index contributed by atoms with van der Waals surface area (Å²) in [7, 11) is 0. The van der Waals surface area contributed by atoms with Gasteiger partial charge < -0.3 is 11.1 Å². The summed E-state index contributed by atoms with van der Waals surface area (Å²) in [6, 6.07) is 5.17. The second kappa shape index (κ2) is 5.52. The lowest BCUT2D eigenvalue weighted by molar-refractivity contribution is -0.116. The molecule has 0 aliphatic rings. The lowest BCUT2D eigenvalue weighted by atomic mass is 10.2. The van der Waals surface area contributed by atoms with Crippen molar-refractivity contribution in [2.75, 3.05) is 11.1 Å². The maximum Gasteiger partial charge on any atom is 0.253 e. The molecule has 0 saturated heterocycles. The average Bonchev–Trinajstić information content (AvgIpc) is 2.37. The van der Waals surface area contributed by atoms with Gasteiger partial charge in [0.1, 0.15) is 12.4 Å². The van der Waals surface area contributed by atoms with Crippen LogP contribution in [0.3, 0.4) is 0 Å². The lowest BCUT2D eigenvalue weighted by Crippen LogP contribution is -2.27. The van der Waals surface area contributed by atoms with Crippen LogP contribution in [0.1, 0.15) is 5.69 Å². The maximum atomic E-state index is 13.4. The first-order chi connectivity index (χ1) is 9.45. The standard InChI is InChI=1S/C13H13FN4O2/c1-8-4-13(20)18(7-16-8)6-12(19)17-11-5-9(15)2-3-10(11)14/h2-5,7H,6,15H2,1H3,(H,17,19). The molecule has 2 rings (SSSR count). The van der Waals surface area contributed by atoms with Crippen LogP contribution in [0.5, 0.6) is 0 Å². The van der Waals surface area contributed by atoms with Crippen LogP contribution in [0.2, 0.25) is 0 Å². The maximum absolute atomic E-state index is 13.4. The van der Waals surface area contributed by atoms with Crippen LogP contribution in [-0.4, -0.2) is 15.5 Å². The molecule has 7 heteroatoms. The Hall–Kier alpha value is -2.70. The zero-order valence-corrected chi connectivity index (χ0v) is 10.8. The molecule has 6 nitrogen and oxygen atoms in total. The summed E-state index contributed by atoms with van der Waals surface area (Å²) >= 11 is 0. The number of halogens is 1. The molecule has 1 heterocycles. The highest BCUT2D eigenvalue weighted by atomic mass is 19.1. The summed E-state index contributed by atoms with van der Waals surface area (Å²) in [6.07, 6.45) is 1.27. The quantitative estimate of drug-likeness (QED) is 0.815. The Morgan fingerprint density at radius 1 is 1.45 bits per heavy atom. The molecule has 2 aromatic rings. The third kappa shape index (κ3) is 3.19. The van der Waals surface area contributed by atoms with E-state index in [0.29, 0.717) is 11.4 Å². The fourth-order valence-electron chi connectivity index (χ4n) is 1.62. The van der Waals surface area contributed by atoms with E-state index in [-0.39, 0.29) is 17.8 Å². The zero-order valence-electron chi connectivity index (χ0n) is 10.8. The van der Waals surface area contributed by atoms with Gasteiger partial charge in [-0.1, -0.05) is 0 Å². The average molecular weight is 276 g/mol. The van der Waals surface area contributed by atoms with Gasteiger partial charge in [0.25, 0.3) is 5.56 Å². The van der Waals surface area contributed by atoms with E-state index in [1.54, 1.807) is 6.92 Å². The smallest absolute Gasteiger partial charge is 0.253 e. The number of benzene rings is 1. The normalized spacial score (nSPS) is 10.3. The van der Waals surface area contributed by atoms with Gasteiger partial charge in [0.2, 0.25) is 5.91 Å². The molecule has 20 heavy (non-hydrogen) atoms. The number of nitrogen functional groups attached to an aromatic ring is 1. The second-order valence-corrected chi connectivity index (χ2v) is 4.28. The molecule has 0 saturated carbocycles. The molecule has 1 aromatic heterocycles. The van der Waals surface area contributed by atoms with Gasteiger partial charge in [0.15, 0.2) is 0 Å². The van der Waals surface area contributed by atoms with Crippen molar-refractivity contribution in [3.63, 3.8) is 0 Å². The first-order valence-electron chi connectivity index (χ1n) is 5.83. The zero-order chi connectivity index (χ0) is 14.7. The molecule has 104 valence electrons. The van der Waals surface area contributed by atoms with Crippen LogP contribution < -0.4 is 16.6 Å². The Bertz CT molecular complexity index is 712. The first kappa shape index (κ1) is 13.7. The van der Waals surface area contributed by atoms with Crippen molar-refractivity contribution in [3.05, 3.63) is 52.5 Å². The number of aromatic nitrogens is 2. The van der Waals surface area contributed by atoms with Gasteiger partial charge in [-0.15, -0.1) is 0 Å². The molecule has 0 aliphatic carbocycles. The van der Waals surface area contributed by atoms with Crippen molar-refractivity contribution < 1.29 is 9.18 Å². The fourth-order valence-corrected chi connectivity index (χ4v) is 1.62. The third-order valence-corrected chi connectivity index (χ3v) is 2.59. The topological polar surface area (TPSA) is 90.0 Å². The minimum atomic E-state index is -0.595. The number of nitrogens with zero attached hydrogens (tertiary/aromatic N) is 2. The summed E-state index contributed by atoms with van der Waals surface area (Å²) in [5.41, 5.74) is 6.03. The van der Waals surface area contributed by atoms with Crippen LogP contribution >= 0.6 is 0 Å². The molecule has 0 fully saturated rings. The van der Waals surface area contributed by atoms with E-state index < -0.39 is 11.7 Å². The molecular weight excluding hydrogens is 263 g/mol. The van der Waals surface area contributed by atoms with E-state index in [2.05, 4.69) is 10.3 Å². The minimum Gasteiger partial charge on any atom is -0.399 e. The Balaban J connectivity index is 2.13. The number of aryl methyl sites for hydroxylation is 1. The second-order valence-electron chi connectivity index (χ2n) is 4.28. The highest BCUT2D eigenvalue weighted by molar-refractivity contribution is 5.91. The Labute approximate surface area is 114 Å². The van der Waals surface area contributed by atoms with E-state index in [0.717, 1.165) is 10.6 Å². The monoisotopic (exact) mass is 276 g/mol. The van der Waals surface area contributed by atoms with E-state index >= 15 is 0 Å². The Morgan fingerprint density at radius 2 is 2.20 bits per heavy atom. The molecule has 0 atom stereocenters. The van der Waals surface area contributed by atoms with Gasteiger partial charge >= 0.3 is 0 Å². The number of carbonyl (C=O) groups is 1. The molecule has 3 N–H and O–H groups in total. The summed E-state index contributed by atoms with van der Waals surface area (Å²) in [5, 5.41) is 2.36. The number of hydrogen-bond acceptors (Lipinski definition) is 4. The van der Waals surface area contributed by atoms with Crippen LogP contribution in [0.25, 0.3) is 0 Å². The van der Waals surface area contributed by atoms with Gasteiger partial charge in [-0.2, -0.15) is 0 Å². The van der Waals surface area contributed by atoms with Gasteiger partial charge in [-0.05, 0) is 25.1 Å². The summed E-state index contributed by atoms with van der Waals surface area (Å²) in [6.45, 7) is 1.42. The summed E-state index contributed by atoms with van der Waals surface area (Å²) in [4.78, 5) is 27.3. The summed E-state index contributed by atoms with van der Waals surface area (Å²) in [5.74, 6) is -1.14. The Kier molecular flexibility index (Phi) is 3.79. The minimum absolute atomic E-state index is 0.0249. The van der Waals surface area contributed by atoms with Crippen molar-refractivity contribution in [2.24, 2.45) is 0 Å². The first-order valence-corrected chi connectivity index (χ1v) is 5.83. The van der Waals surface area contributed by atoms with E-state index in [1.165, 1.54) is 24.5 Å². The van der Waals surface area contributed by atoms with Crippen LogP contribution in [0, 0.1) is 12.7 Å². The van der Waals surface area contributed by atoms with Crippen LogP contribution in [-0.2, 0) is 11.3 Å². The molecule has 0 bridgehead atoms. The van der Waals surface area contributed by atoms with Crippen molar-refractivity contribution in [3.8, 4) is 0 Å². The van der Waals surface area contributed by atoms with Crippen molar-refractivity contribution in [1.29, 1.82) is 0 Å². The van der Waals surface area contributed by atoms with Gasteiger partial charge in [-0.3, -0.25) is 14.2 Å². The number of nitrogens with one attached hydrogen (secondary N) is 1. The molecule has 0 spiro atoms. The molecule has 0 radical (unpaired) electrons. The van der Waals surface area contributed by atoms with Crippen molar-refractivity contribution >= 4 is 17.3 Å². The molecule has 1 aromatic carbocycles. The lowest BCUT2D eigenvalue weighted by Gasteiger charge is -2.08. The fraction of sp³-hybridized carbons (Fsp3) is 0.154. The predicted octanol–water partition coefficient (Wildman–Crippen LogP) is 0.912. The van der Waals surface area contributed by atoms with Gasteiger partial charge in [0, 0.05) is 17.4 Å². The van der Waals surface area contributed by atoms with Crippen LogP contribution in [0.4, 0.5) is 15.8 Å². The molecule has 1 amide bonds. The largest absolute Gasteiger partial charge is 0.399 e. The van der Waals surface area contributed by atoms with Gasteiger partial charge in [0.05, 0.1) is 12.0 Å². The molecular formula is C13H13FN4O2. The predicted molar refractivity (Wildman–Crippen MR) is 72.7 cm³/mol. The number of nitrogens with two attached hydrogens (primary N) is 1. The number of amides is 1. The number of rotatable bonds is 3. The van der Waals surface area contributed by atoms with Crippen molar-refractivity contribution in [2.45, 2.75) is 13.5 Å². The number of carbonyl (C=O) groups excluding carboxylic acids is 1. The number of anilines is 2.